The number of nitrogens with one attached hydrogen (secondary N) is 1. The lowest BCUT2D eigenvalue weighted by Gasteiger charge is -1.97. The quantitative estimate of drug-likeness (QED) is 0.716. The highest BCUT2D eigenvalue weighted by Crippen LogP contribution is 2.31. The van der Waals surface area contributed by atoms with Crippen molar-refractivity contribution in [2.45, 2.75) is 6.92 Å². The highest BCUT2D eigenvalue weighted by Gasteiger charge is 2.05. The second-order valence-corrected chi connectivity index (χ2v) is 5.33. The molecule has 3 heteroatoms. The molecular formula is C14H13NOS. The van der Waals surface area contributed by atoms with Crippen molar-refractivity contribution in [3.63, 3.8) is 0 Å². The minimum absolute atomic E-state index is 0.894. The van der Waals surface area contributed by atoms with Crippen LogP contribution in [0.4, 0.5) is 0 Å². The summed E-state index contributed by atoms with van der Waals surface area (Å²) in [5.74, 6) is 0.894. The van der Waals surface area contributed by atoms with Crippen molar-refractivity contribution in [3.05, 3.63) is 41.3 Å². The molecule has 3 rings (SSSR count). The van der Waals surface area contributed by atoms with Crippen LogP contribution in [0.1, 0.15) is 4.88 Å². The lowest BCUT2D eigenvalue weighted by molar-refractivity contribution is 0.415. The van der Waals surface area contributed by atoms with E-state index in [0.717, 1.165) is 11.3 Å². The van der Waals surface area contributed by atoms with Gasteiger partial charge in [-0.15, -0.1) is 11.3 Å². The van der Waals surface area contributed by atoms with Crippen LogP contribution in [-0.4, -0.2) is 12.1 Å². The fourth-order valence-electron chi connectivity index (χ4n) is 1.95. The van der Waals surface area contributed by atoms with Crippen molar-refractivity contribution in [1.29, 1.82) is 0 Å². The van der Waals surface area contributed by atoms with E-state index in [9.17, 15) is 0 Å². The molecule has 0 spiro atoms. The molecule has 0 amide bonds. The van der Waals surface area contributed by atoms with Crippen LogP contribution < -0.4 is 4.74 Å². The van der Waals surface area contributed by atoms with E-state index in [4.69, 9.17) is 4.74 Å². The van der Waals surface area contributed by atoms with E-state index in [1.54, 1.807) is 18.4 Å². The highest BCUT2D eigenvalue weighted by atomic mass is 32.1. The normalized spacial score (nSPS) is 10.9. The van der Waals surface area contributed by atoms with Gasteiger partial charge in [0.15, 0.2) is 0 Å². The number of thiophene rings is 1. The molecule has 0 saturated heterocycles. The van der Waals surface area contributed by atoms with Gasteiger partial charge in [-0.05, 0) is 43.3 Å². The van der Waals surface area contributed by atoms with Crippen LogP contribution in [0.15, 0.2) is 36.4 Å². The molecular weight excluding hydrogens is 230 g/mol. The maximum absolute atomic E-state index is 5.23. The van der Waals surface area contributed by atoms with E-state index >= 15 is 0 Å². The molecule has 0 unspecified atom stereocenters. The zero-order valence-electron chi connectivity index (χ0n) is 9.78. The monoisotopic (exact) mass is 243 g/mol. The van der Waals surface area contributed by atoms with Crippen LogP contribution in [0.25, 0.3) is 21.5 Å². The third-order valence-corrected chi connectivity index (χ3v) is 3.87. The average molecular weight is 243 g/mol. The number of fused-ring (bicyclic) bond motifs is 1. The number of rotatable bonds is 2. The summed E-state index contributed by atoms with van der Waals surface area (Å²) >= 11 is 1.80. The highest BCUT2D eigenvalue weighted by molar-refractivity contribution is 7.15. The standard InChI is InChI=1S/C14H13NOS/c1-9-3-6-14(17-9)13-8-10-7-11(16-2)4-5-12(10)15-13/h3-8,15H,1-2H3. The topological polar surface area (TPSA) is 25.0 Å². The van der Waals surface area contributed by atoms with Crippen LogP contribution in [0.3, 0.4) is 0 Å². The van der Waals surface area contributed by atoms with Crippen LogP contribution in [0.5, 0.6) is 5.75 Å². The minimum Gasteiger partial charge on any atom is -0.497 e. The lowest BCUT2D eigenvalue weighted by Crippen LogP contribution is -1.80. The predicted molar refractivity (Wildman–Crippen MR) is 72.9 cm³/mol. The van der Waals surface area contributed by atoms with Gasteiger partial charge in [-0.3, -0.25) is 0 Å². The zero-order chi connectivity index (χ0) is 11.8. The van der Waals surface area contributed by atoms with Gasteiger partial charge in [0.2, 0.25) is 0 Å². The molecule has 17 heavy (non-hydrogen) atoms. The Kier molecular flexibility index (Phi) is 2.41. The molecule has 0 aliphatic heterocycles. The van der Waals surface area contributed by atoms with Gasteiger partial charge in [0, 0.05) is 15.8 Å². The smallest absolute Gasteiger partial charge is 0.119 e. The first-order valence-corrected chi connectivity index (χ1v) is 6.31. The van der Waals surface area contributed by atoms with Crippen LogP contribution in [-0.2, 0) is 0 Å². The van der Waals surface area contributed by atoms with Crippen molar-refractivity contribution in [1.82, 2.24) is 4.98 Å². The Morgan fingerprint density at radius 2 is 2.00 bits per heavy atom. The number of benzene rings is 1. The first kappa shape index (κ1) is 10.4. The Balaban J connectivity index is 2.13. The number of aryl methyl sites for hydroxylation is 1. The number of aromatic nitrogens is 1. The summed E-state index contributed by atoms with van der Waals surface area (Å²) in [4.78, 5) is 6.04. The van der Waals surface area contributed by atoms with Gasteiger partial charge in [-0.25, -0.2) is 0 Å². The molecule has 2 aromatic heterocycles. The maximum Gasteiger partial charge on any atom is 0.119 e. The molecule has 1 aromatic carbocycles. The van der Waals surface area contributed by atoms with E-state index in [0.29, 0.717) is 0 Å². The SMILES string of the molecule is COc1ccc2[nH]c(-c3ccc(C)s3)cc2c1. The predicted octanol–water partition coefficient (Wildman–Crippen LogP) is 4.21. The minimum atomic E-state index is 0.894. The molecule has 1 N–H and O–H groups in total. The zero-order valence-corrected chi connectivity index (χ0v) is 10.6. The fraction of sp³-hybridized carbons (Fsp3) is 0.143. The van der Waals surface area contributed by atoms with E-state index < -0.39 is 0 Å². The number of aromatic amines is 1. The molecule has 3 aromatic rings. The molecule has 2 nitrogen and oxygen atoms in total. The second kappa shape index (κ2) is 3.93. The molecule has 0 saturated carbocycles. The summed E-state index contributed by atoms with van der Waals surface area (Å²) in [6.45, 7) is 2.12. The first-order chi connectivity index (χ1) is 8.26. The van der Waals surface area contributed by atoms with Gasteiger partial charge in [0.25, 0.3) is 0 Å². The molecule has 0 radical (unpaired) electrons. The third-order valence-electron chi connectivity index (χ3n) is 2.83. The van der Waals surface area contributed by atoms with Gasteiger partial charge >= 0.3 is 0 Å². The molecule has 0 bridgehead atoms. The van der Waals surface area contributed by atoms with Crippen molar-refractivity contribution in [2.24, 2.45) is 0 Å². The van der Waals surface area contributed by atoms with E-state index in [2.05, 4.69) is 42.2 Å². The third kappa shape index (κ3) is 1.83. The summed E-state index contributed by atoms with van der Waals surface area (Å²) in [5.41, 5.74) is 2.32. The Labute approximate surface area is 104 Å². The molecule has 0 atom stereocenters. The van der Waals surface area contributed by atoms with Gasteiger partial charge in [-0.2, -0.15) is 0 Å². The van der Waals surface area contributed by atoms with Crippen molar-refractivity contribution in [3.8, 4) is 16.3 Å². The number of methoxy groups -OCH3 is 1. The Bertz CT molecular complexity index is 666. The van der Waals surface area contributed by atoms with Crippen molar-refractivity contribution >= 4 is 22.2 Å². The number of H-pyrrole nitrogens is 1. The van der Waals surface area contributed by atoms with Crippen LogP contribution >= 0.6 is 11.3 Å². The summed E-state index contributed by atoms with van der Waals surface area (Å²) < 4.78 is 5.23. The molecule has 0 aliphatic carbocycles. The van der Waals surface area contributed by atoms with Crippen molar-refractivity contribution < 1.29 is 4.74 Å². The summed E-state index contributed by atoms with van der Waals surface area (Å²) in [6, 6.07) is 12.5. The van der Waals surface area contributed by atoms with Crippen molar-refractivity contribution in [2.75, 3.05) is 7.11 Å². The largest absolute Gasteiger partial charge is 0.497 e. The van der Waals surface area contributed by atoms with Gasteiger partial charge in [-0.1, -0.05) is 0 Å². The first-order valence-electron chi connectivity index (χ1n) is 5.50. The van der Waals surface area contributed by atoms with Crippen LogP contribution in [0.2, 0.25) is 0 Å². The molecule has 86 valence electrons. The average Bonchev–Trinajstić information content (AvgIpc) is 2.93. The number of hydrogen-bond donors (Lipinski definition) is 1. The Hall–Kier alpha value is -1.74. The van der Waals surface area contributed by atoms with E-state index in [1.807, 2.05) is 6.07 Å². The van der Waals surface area contributed by atoms with Gasteiger partial charge < -0.3 is 9.72 Å². The lowest BCUT2D eigenvalue weighted by atomic mass is 10.2. The molecule has 2 heterocycles. The second-order valence-electron chi connectivity index (χ2n) is 4.05. The number of ether oxygens (including phenoxy) is 1. The molecule has 0 aliphatic rings. The van der Waals surface area contributed by atoms with Crippen LogP contribution in [0, 0.1) is 6.92 Å². The van der Waals surface area contributed by atoms with Gasteiger partial charge in [0.05, 0.1) is 17.7 Å². The van der Waals surface area contributed by atoms with Gasteiger partial charge in [0.1, 0.15) is 5.75 Å². The number of hydrogen-bond acceptors (Lipinski definition) is 2. The Morgan fingerprint density at radius 1 is 1.12 bits per heavy atom. The fourth-order valence-corrected chi connectivity index (χ4v) is 2.79. The summed E-state index contributed by atoms with van der Waals surface area (Å²) in [6.07, 6.45) is 0. The van der Waals surface area contributed by atoms with E-state index in [-0.39, 0.29) is 0 Å². The Morgan fingerprint density at radius 3 is 2.71 bits per heavy atom. The summed E-state index contributed by atoms with van der Waals surface area (Å²) in [5, 5.41) is 1.19. The molecule has 0 fully saturated rings. The van der Waals surface area contributed by atoms with E-state index in [1.165, 1.54) is 20.8 Å². The maximum atomic E-state index is 5.23. The summed E-state index contributed by atoms with van der Waals surface area (Å²) in [7, 11) is 1.69.